The van der Waals surface area contributed by atoms with Gasteiger partial charge in [0.25, 0.3) is 0 Å². The zero-order chi connectivity index (χ0) is 16.5. The number of anilines is 1. The number of likely N-dealkylation sites (tertiary alicyclic amines) is 1. The van der Waals surface area contributed by atoms with E-state index in [1.807, 2.05) is 0 Å². The molecule has 0 saturated carbocycles. The fourth-order valence-electron chi connectivity index (χ4n) is 2.85. The van der Waals surface area contributed by atoms with Crippen LogP contribution in [0.1, 0.15) is 20.3 Å². The number of sulfone groups is 1. The summed E-state index contributed by atoms with van der Waals surface area (Å²) in [5, 5.41) is 3.04. The predicted molar refractivity (Wildman–Crippen MR) is 88.1 cm³/mol. The van der Waals surface area contributed by atoms with Gasteiger partial charge in [-0.2, -0.15) is 0 Å². The molecule has 1 aromatic carbocycles. The van der Waals surface area contributed by atoms with Gasteiger partial charge in [0.1, 0.15) is 0 Å². The Balaban J connectivity index is 2.18. The van der Waals surface area contributed by atoms with Crippen LogP contribution >= 0.6 is 11.6 Å². The van der Waals surface area contributed by atoms with Crippen molar-refractivity contribution in [1.29, 1.82) is 0 Å². The Bertz CT molecular complexity index is 665. The molecular formula is C15H21ClN2O3S. The van der Waals surface area contributed by atoms with Gasteiger partial charge in [-0.15, -0.1) is 0 Å². The van der Waals surface area contributed by atoms with E-state index in [4.69, 9.17) is 11.6 Å². The number of rotatable bonds is 2. The van der Waals surface area contributed by atoms with Crippen LogP contribution in [0.4, 0.5) is 10.5 Å². The Morgan fingerprint density at radius 3 is 2.41 bits per heavy atom. The number of hydrogen-bond donors (Lipinski definition) is 1. The monoisotopic (exact) mass is 344 g/mol. The number of nitrogens with one attached hydrogen (secondary N) is 1. The molecule has 1 fully saturated rings. The molecule has 0 spiro atoms. The highest BCUT2D eigenvalue weighted by Gasteiger charge is 2.25. The van der Waals surface area contributed by atoms with Gasteiger partial charge in [0.2, 0.25) is 0 Å². The number of amides is 2. The van der Waals surface area contributed by atoms with Crippen molar-refractivity contribution in [3.8, 4) is 0 Å². The Morgan fingerprint density at radius 2 is 1.86 bits per heavy atom. The maximum atomic E-state index is 12.4. The Morgan fingerprint density at radius 1 is 1.27 bits per heavy atom. The van der Waals surface area contributed by atoms with Crippen molar-refractivity contribution in [3.63, 3.8) is 0 Å². The summed E-state index contributed by atoms with van der Waals surface area (Å²) in [5.41, 5.74) is 0.320. The van der Waals surface area contributed by atoms with E-state index in [9.17, 15) is 13.2 Å². The highest BCUT2D eigenvalue weighted by Crippen LogP contribution is 2.27. The number of nitrogens with zero attached hydrogens (tertiary/aromatic N) is 1. The summed E-state index contributed by atoms with van der Waals surface area (Å²) >= 11 is 6.06. The van der Waals surface area contributed by atoms with Gasteiger partial charge in [0, 0.05) is 19.3 Å². The van der Waals surface area contributed by atoms with E-state index in [-0.39, 0.29) is 10.9 Å². The maximum absolute atomic E-state index is 12.4. The third-order valence-electron chi connectivity index (χ3n) is 3.76. The van der Waals surface area contributed by atoms with E-state index in [1.165, 1.54) is 18.2 Å². The van der Waals surface area contributed by atoms with Crippen LogP contribution in [0, 0.1) is 11.8 Å². The minimum atomic E-state index is -3.34. The molecule has 0 bridgehead atoms. The van der Waals surface area contributed by atoms with Crippen molar-refractivity contribution in [2.24, 2.45) is 11.8 Å². The number of urea groups is 1. The fourth-order valence-corrected chi connectivity index (χ4v) is 3.67. The third kappa shape index (κ3) is 4.14. The molecule has 7 heteroatoms. The molecule has 2 amide bonds. The topological polar surface area (TPSA) is 66.5 Å². The summed E-state index contributed by atoms with van der Waals surface area (Å²) in [6.45, 7) is 5.62. The minimum Gasteiger partial charge on any atom is -0.324 e. The molecule has 1 N–H and O–H groups in total. The van der Waals surface area contributed by atoms with Crippen molar-refractivity contribution in [3.05, 3.63) is 23.2 Å². The lowest BCUT2D eigenvalue weighted by Gasteiger charge is -2.35. The quantitative estimate of drug-likeness (QED) is 0.895. The molecule has 2 rings (SSSR count). The first-order valence-electron chi connectivity index (χ1n) is 7.22. The van der Waals surface area contributed by atoms with Crippen molar-refractivity contribution in [1.82, 2.24) is 4.90 Å². The van der Waals surface area contributed by atoms with E-state index in [1.54, 1.807) is 4.90 Å². The molecule has 0 aliphatic carbocycles. The molecule has 1 aliphatic rings. The molecule has 2 atom stereocenters. The molecule has 22 heavy (non-hydrogen) atoms. The van der Waals surface area contributed by atoms with E-state index in [0.29, 0.717) is 35.6 Å². The second-order valence-corrected chi connectivity index (χ2v) is 8.62. The van der Waals surface area contributed by atoms with Crippen LogP contribution in [-0.4, -0.2) is 38.7 Å². The van der Waals surface area contributed by atoms with Gasteiger partial charge in [-0.1, -0.05) is 25.4 Å². The largest absolute Gasteiger partial charge is 0.324 e. The first-order valence-corrected chi connectivity index (χ1v) is 9.49. The fraction of sp³-hybridized carbons (Fsp3) is 0.533. The molecule has 1 heterocycles. The molecule has 0 radical (unpaired) electrons. The summed E-state index contributed by atoms with van der Waals surface area (Å²) < 4.78 is 23.2. The lowest BCUT2D eigenvalue weighted by Crippen LogP contribution is -2.44. The van der Waals surface area contributed by atoms with Crippen LogP contribution < -0.4 is 5.32 Å². The average molecular weight is 345 g/mol. The predicted octanol–water partition coefficient (Wildman–Crippen LogP) is 3.25. The Labute approximate surface area is 136 Å². The highest BCUT2D eigenvalue weighted by atomic mass is 35.5. The van der Waals surface area contributed by atoms with Crippen molar-refractivity contribution >= 4 is 33.2 Å². The second kappa shape index (κ2) is 6.46. The van der Waals surface area contributed by atoms with Crippen molar-refractivity contribution in [2.75, 3.05) is 24.7 Å². The molecule has 1 aliphatic heterocycles. The van der Waals surface area contributed by atoms with Crippen LogP contribution in [-0.2, 0) is 9.84 Å². The van der Waals surface area contributed by atoms with Crippen LogP contribution in [0.3, 0.4) is 0 Å². The van der Waals surface area contributed by atoms with Gasteiger partial charge in [0.05, 0.1) is 15.6 Å². The van der Waals surface area contributed by atoms with Gasteiger partial charge in [-0.05, 0) is 36.5 Å². The molecule has 1 saturated heterocycles. The van der Waals surface area contributed by atoms with E-state index in [2.05, 4.69) is 19.2 Å². The number of carbonyl (C=O) groups excluding carboxylic acids is 1. The normalized spacial score (nSPS) is 22.5. The van der Waals surface area contributed by atoms with Crippen LogP contribution in [0.2, 0.25) is 5.02 Å². The van der Waals surface area contributed by atoms with Gasteiger partial charge >= 0.3 is 6.03 Å². The molecule has 1 aromatic rings. The summed E-state index contributed by atoms with van der Waals surface area (Å²) in [4.78, 5) is 14.3. The first-order chi connectivity index (χ1) is 10.2. The van der Waals surface area contributed by atoms with Gasteiger partial charge < -0.3 is 10.2 Å². The maximum Gasteiger partial charge on any atom is 0.321 e. The number of halogens is 1. The summed E-state index contributed by atoms with van der Waals surface area (Å²) in [6, 6.07) is 4.06. The summed E-state index contributed by atoms with van der Waals surface area (Å²) in [5.74, 6) is 0.902. The van der Waals surface area contributed by atoms with Crippen molar-refractivity contribution in [2.45, 2.75) is 25.2 Å². The Hall–Kier alpha value is -1.27. The SMILES string of the molecule is CC1CC(C)CN(C(=O)Nc2cc(S(C)(=O)=O)ccc2Cl)C1. The van der Waals surface area contributed by atoms with E-state index < -0.39 is 9.84 Å². The van der Waals surface area contributed by atoms with Crippen LogP contribution in [0.25, 0.3) is 0 Å². The zero-order valence-electron chi connectivity index (χ0n) is 13.0. The van der Waals surface area contributed by atoms with Crippen LogP contribution in [0.5, 0.6) is 0 Å². The molecule has 122 valence electrons. The van der Waals surface area contributed by atoms with E-state index in [0.717, 1.165) is 12.7 Å². The Kier molecular flexibility index (Phi) is 5.02. The first kappa shape index (κ1) is 17.1. The number of piperidine rings is 1. The standard InChI is InChI=1S/C15H21ClN2O3S/c1-10-6-11(2)9-18(8-10)15(19)17-14-7-12(22(3,20)21)4-5-13(14)16/h4-5,7,10-11H,6,8-9H2,1-3H3,(H,17,19). The number of benzene rings is 1. The third-order valence-corrected chi connectivity index (χ3v) is 5.20. The zero-order valence-corrected chi connectivity index (χ0v) is 14.5. The molecule has 2 unspecified atom stereocenters. The lowest BCUT2D eigenvalue weighted by atomic mass is 9.92. The molecular weight excluding hydrogens is 324 g/mol. The number of carbonyl (C=O) groups is 1. The summed E-state index contributed by atoms with van der Waals surface area (Å²) in [6.07, 6.45) is 2.23. The lowest BCUT2D eigenvalue weighted by molar-refractivity contribution is 0.156. The molecule has 5 nitrogen and oxygen atoms in total. The van der Waals surface area contributed by atoms with E-state index >= 15 is 0 Å². The van der Waals surface area contributed by atoms with Gasteiger partial charge in [0.15, 0.2) is 9.84 Å². The second-order valence-electron chi connectivity index (χ2n) is 6.19. The summed E-state index contributed by atoms with van der Waals surface area (Å²) in [7, 11) is -3.34. The van der Waals surface area contributed by atoms with Crippen molar-refractivity contribution < 1.29 is 13.2 Å². The smallest absolute Gasteiger partial charge is 0.321 e. The van der Waals surface area contributed by atoms with Gasteiger partial charge in [-0.25, -0.2) is 13.2 Å². The van der Waals surface area contributed by atoms with Crippen LogP contribution in [0.15, 0.2) is 23.1 Å². The number of hydrogen-bond acceptors (Lipinski definition) is 3. The highest BCUT2D eigenvalue weighted by molar-refractivity contribution is 7.90. The molecule has 0 aromatic heterocycles. The van der Waals surface area contributed by atoms with Gasteiger partial charge in [-0.3, -0.25) is 0 Å². The average Bonchev–Trinajstić information content (AvgIpc) is 2.38. The minimum absolute atomic E-state index is 0.132.